The Morgan fingerprint density at radius 3 is 2.07 bits per heavy atom. The number of nitrogens with one attached hydrogen (secondary N) is 1. The molecule has 27 heavy (non-hydrogen) atoms. The molecule has 0 aromatic heterocycles. The summed E-state index contributed by atoms with van der Waals surface area (Å²) in [6.45, 7) is 1.06. The van der Waals surface area contributed by atoms with Gasteiger partial charge in [0, 0.05) is 18.3 Å². The van der Waals surface area contributed by atoms with E-state index in [9.17, 15) is 4.79 Å². The van der Waals surface area contributed by atoms with Gasteiger partial charge in [-0.2, -0.15) is 0 Å². The summed E-state index contributed by atoms with van der Waals surface area (Å²) in [6.07, 6.45) is -0.190. The minimum absolute atomic E-state index is 0.0976. The Balaban J connectivity index is 1.66. The van der Waals surface area contributed by atoms with Crippen LogP contribution >= 0.6 is 0 Å². The summed E-state index contributed by atoms with van der Waals surface area (Å²) in [7, 11) is 2.02. The third-order valence-electron chi connectivity index (χ3n) is 4.25. The number of likely N-dealkylation sites (N-methyl/N-ethyl adjacent to an activating group) is 1. The summed E-state index contributed by atoms with van der Waals surface area (Å²) in [5, 5.41) is 2.99. The van der Waals surface area contributed by atoms with E-state index in [-0.39, 0.29) is 12.0 Å². The molecule has 0 aliphatic carbocycles. The van der Waals surface area contributed by atoms with Crippen molar-refractivity contribution >= 4 is 11.6 Å². The van der Waals surface area contributed by atoms with Crippen LogP contribution in [0.1, 0.15) is 10.4 Å². The van der Waals surface area contributed by atoms with Crippen molar-refractivity contribution in [2.45, 2.75) is 6.10 Å². The average molecular weight is 360 g/mol. The smallest absolute Gasteiger partial charge is 0.251 e. The SMILES string of the molecule is CN(CC(CNC(=O)c1ccccc1)Oc1ccccc1)c1ccccc1. The van der Waals surface area contributed by atoms with Crippen molar-refractivity contribution in [3.63, 3.8) is 0 Å². The molecule has 3 aromatic carbocycles. The molecule has 0 spiro atoms. The molecule has 0 bridgehead atoms. The van der Waals surface area contributed by atoms with Crippen molar-refractivity contribution in [1.29, 1.82) is 0 Å². The van der Waals surface area contributed by atoms with Gasteiger partial charge in [-0.3, -0.25) is 4.79 Å². The van der Waals surface area contributed by atoms with E-state index < -0.39 is 0 Å². The van der Waals surface area contributed by atoms with E-state index in [0.29, 0.717) is 18.7 Å². The molecule has 1 N–H and O–H groups in total. The number of rotatable bonds is 8. The summed E-state index contributed by atoms with van der Waals surface area (Å²) in [4.78, 5) is 14.5. The molecule has 3 aromatic rings. The van der Waals surface area contributed by atoms with E-state index in [1.165, 1.54) is 0 Å². The number of para-hydroxylation sites is 2. The molecular formula is C23H24N2O2. The maximum absolute atomic E-state index is 12.4. The minimum atomic E-state index is -0.190. The van der Waals surface area contributed by atoms with Gasteiger partial charge in [0.1, 0.15) is 11.9 Å². The quantitative estimate of drug-likeness (QED) is 0.660. The van der Waals surface area contributed by atoms with Crippen LogP contribution in [0.3, 0.4) is 0 Å². The monoisotopic (exact) mass is 360 g/mol. The molecule has 0 aliphatic heterocycles. The van der Waals surface area contributed by atoms with Gasteiger partial charge < -0.3 is 15.0 Å². The van der Waals surface area contributed by atoms with E-state index in [4.69, 9.17) is 4.74 Å². The van der Waals surface area contributed by atoms with Crippen molar-refractivity contribution in [3.8, 4) is 5.75 Å². The molecule has 0 fully saturated rings. The molecule has 4 nitrogen and oxygen atoms in total. The molecule has 1 atom stereocenters. The van der Waals surface area contributed by atoms with Gasteiger partial charge in [-0.1, -0.05) is 54.6 Å². The summed E-state index contributed by atoms with van der Waals surface area (Å²) in [5.74, 6) is 0.692. The van der Waals surface area contributed by atoms with Crippen molar-refractivity contribution in [2.75, 3.05) is 25.0 Å². The predicted octanol–water partition coefficient (Wildman–Crippen LogP) is 4.00. The van der Waals surface area contributed by atoms with Gasteiger partial charge in [0.25, 0.3) is 5.91 Å². The Hall–Kier alpha value is -3.27. The maximum atomic E-state index is 12.4. The lowest BCUT2D eigenvalue weighted by atomic mass is 10.2. The normalized spacial score (nSPS) is 11.4. The van der Waals surface area contributed by atoms with E-state index in [1.54, 1.807) is 12.1 Å². The molecule has 0 radical (unpaired) electrons. The Labute approximate surface area is 160 Å². The molecule has 0 aliphatic rings. The number of ether oxygens (including phenoxy) is 1. The van der Waals surface area contributed by atoms with Gasteiger partial charge >= 0.3 is 0 Å². The molecule has 138 valence electrons. The number of hydrogen-bond donors (Lipinski definition) is 1. The summed E-state index contributed by atoms with van der Waals surface area (Å²) >= 11 is 0. The number of hydrogen-bond acceptors (Lipinski definition) is 3. The van der Waals surface area contributed by atoms with Gasteiger partial charge in [0.2, 0.25) is 0 Å². The molecule has 0 heterocycles. The fraction of sp³-hybridized carbons (Fsp3) is 0.174. The number of anilines is 1. The maximum Gasteiger partial charge on any atom is 0.251 e. The van der Waals surface area contributed by atoms with Crippen LogP contribution in [0.4, 0.5) is 5.69 Å². The fourth-order valence-corrected chi connectivity index (χ4v) is 2.83. The zero-order valence-corrected chi connectivity index (χ0v) is 15.4. The van der Waals surface area contributed by atoms with Crippen molar-refractivity contribution < 1.29 is 9.53 Å². The van der Waals surface area contributed by atoms with Crippen LogP contribution < -0.4 is 15.0 Å². The minimum Gasteiger partial charge on any atom is -0.487 e. The molecule has 4 heteroatoms. The third kappa shape index (κ3) is 5.61. The Morgan fingerprint density at radius 1 is 0.889 bits per heavy atom. The largest absolute Gasteiger partial charge is 0.487 e. The highest BCUT2D eigenvalue weighted by atomic mass is 16.5. The summed E-state index contributed by atoms with van der Waals surface area (Å²) in [6, 6.07) is 29.0. The number of carbonyl (C=O) groups is 1. The molecule has 1 amide bonds. The van der Waals surface area contributed by atoms with Gasteiger partial charge in [-0.15, -0.1) is 0 Å². The molecule has 0 saturated carbocycles. The van der Waals surface area contributed by atoms with E-state index in [1.807, 2.05) is 73.8 Å². The van der Waals surface area contributed by atoms with Crippen LogP contribution in [0.25, 0.3) is 0 Å². The van der Waals surface area contributed by atoms with Gasteiger partial charge in [-0.05, 0) is 36.4 Å². The van der Waals surface area contributed by atoms with Crippen LogP contribution in [-0.2, 0) is 0 Å². The van der Waals surface area contributed by atoms with Crippen LogP contribution in [-0.4, -0.2) is 32.1 Å². The average Bonchev–Trinajstić information content (AvgIpc) is 2.73. The van der Waals surface area contributed by atoms with E-state index >= 15 is 0 Å². The molecule has 1 unspecified atom stereocenters. The number of benzene rings is 3. The van der Waals surface area contributed by atoms with Gasteiger partial charge in [-0.25, -0.2) is 0 Å². The first-order valence-electron chi connectivity index (χ1n) is 9.03. The first-order chi connectivity index (χ1) is 13.2. The second kappa shape index (κ2) is 9.43. The van der Waals surface area contributed by atoms with Gasteiger partial charge in [0.15, 0.2) is 0 Å². The lowest BCUT2D eigenvalue weighted by Crippen LogP contribution is -2.42. The number of nitrogens with zero attached hydrogens (tertiary/aromatic N) is 1. The van der Waals surface area contributed by atoms with Crippen LogP contribution in [0.15, 0.2) is 91.0 Å². The highest BCUT2D eigenvalue weighted by Gasteiger charge is 2.16. The fourth-order valence-electron chi connectivity index (χ4n) is 2.83. The second-order valence-electron chi connectivity index (χ2n) is 6.35. The van der Waals surface area contributed by atoms with Crippen molar-refractivity contribution in [1.82, 2.24) is 5.32 Å². The van der Waals surface area contributed by atoms with E-state index in [2.05, 4.69) is 22.3 Å². The first-order valence-corrected chi connectivity index (χ1v) is 9.03. The predicted molar refractivity (Wildman–Crippen MR) is 109 cm³/mol. The summed E-state index contributed by atoms with van der Waals surface area (Å²) < 4.78 is 6.14. The topological polar surface area (TPSA) is 41.6 Å². The number of amides is 1. The molecular weight excluding hydrogens is 336 g/mol. The standard InChI is InChI=1S/C23H24N2O2/c1-25(20-13-7-3-8-14-20)18-22(27-21-15-9-4-10-16-21)17-24-23(26)19-11-5-2-6-12-19/h2-16,22H,17-18H2,1H3,(H,24,26). The summed E-state index contributed by atoms with van der Waals surface area (Å²) in [5.41, 5.74) is 1.75. The van der Waals surface area contributed by atoms with Crippen molar-refractivity contribution in [2.24, 2.45) is 0 Å². The van der Waals surface area contributed by atoms with Gasteiger partial charge in [0.05, 0.1) is 13.1 Å². The highest BCUT2D eigenvalue weighted by molar-refractivity contribution is 5.94. The second-order valence-corrected chi connectivity index (χ2v) is 6.35. The van der Waals surface area contributed by atoms with Crippen molar-refractivity contribution in [3.05, 3.63) is 96.6 Å². The third-order valence-corrected chi connectivity index (χ3v) is 4.25. The Morgan fingerprint density at radius 2 is 1.44 bits per heavy atom. The molecule has 3 rings (SSSR count). The highest BCUT2D eigenvalue weighted by Crippen LogP contribution is 2.15. The lowest BCUT2D eigenvalue weighted by Gasteiger charge is -2.27. The number of carbonyl (C=O) groups excluding carboxylic acids is 1. The van der Waals surface area contributed by atoms with E-state index in [0.717, 1.165) is 11.4 Å². The lowest BCUT2D eigenvalue weighted by molar-refractivity contribution is 0.0929. The molecule has 0 saturated heterocycles. The Kier molecular flexibility index (Phi) is 6.47. The zero-order chi connectivity index (χ0) is 18.9. The Bertz CT molecular complexity index is 823. The van der Waals surface area contributed by atoms with Crippen LogP contribution in [0.5, 0.6) is 5.75 Å². The first kappa shape index (κ1) is 18.5. The van der Waals surface area contributed by atoms with Crippen LogP contribution in [0.2, 0.25) is 0 Å². The zero-order valence-electron chi connectivity index (χ0n) is 15.4. The van der Waals surface area contributed by atoms with Crippen LogP contribution in [0, 0.1) is 0 Å².